The van der Waals surface area contributed by atoms with Crippen molar-refractivity contribution in [2.75, 3.05) is 0 Å². The Bertz CT molecular complexity index is 407. The molecule has 0 radical (unpaired) electrons. The molecule has 0 aliphatic carbocycles. The van der Waals surface area contributed by atoms with Gasteiger partial charge < -0.3 is 5.11 Å². The number of rotatable bonds is 5. The number of aromatic nitrogens is 1. The predicted molar refractivity (Wildman–Crippen MR) is 72.8 cm³/mol. The minimum Gasteiger partial charge on any atom is -0.477 e. The highest BCUT2D eigenvalue weighted by atomic mass is 16.4. The molecule has 1 atom stereocenters. The molecular weight excluding hydrogens is 226 g/mol. The molecule has 0 bridgehead atoms. The lowest BCUT2D eigenvalue weighted by molar-refractivity contribution is 0.0690. The second-order valence-electron chi connectivity index (χ2n) is 6.23. The van der Waals surface area contributed by atoms with Crippen molar-refractivity contribution < 1.29 is 9.90 Å². The molecule has 0 aromatic carbocycles. The summed E-state index contributed by atoms with van der Waals surface area (Å²) >= 11 is 0. The molecule has 1 heterocycles. The number of carboxylic acids is 1. The number of carbonyl (C=O) groups is 1. The van der Waals surface area contributed by atoms with Crippen LogP contribution in [0.15, 0.2) is 18.2 Å². The maximum absolute atomic E-state index is 10.8. The first-order valence-electron chi connectivity index (χ1n) is 6.47. The van der Waals surface area contributed by atoms with E-state index in [0.29, 0.717) is 11.3 Å². The summed E-state index contributed by atoms with van der Waals surface area (Å²) in [5.41, 5.74) is 1.35. The van der Waals surface area contributed by atoms with E-state index in [1.807, 2.05) is 6.07 Å². The molecular formula is C15H23NO2. The third-order valence-electron chi connectivity index (χ3n) is 2.88. The van der Waals surface area contributed by atoms with E-state index >= 15 is 0 Å². The molecule has 3 heteroatoms. The van der Waals surface area contributed by atoms with E-state index in [2.05, 4.69) is 32.7 Å². The van der Waals surface area contributed by atoms with Crippen LogP contribution in [0.4, 0.5) is 0 Å². The van der Waals surface area contributed by atoms with Gasteiger partial charge in [0.1, 0.15) is 5.69 Å². The van der Waals surface area contributed by atoms with Gasteiger partial charge >= 0.3 is 5.97 Å². The van der Waals surface area contributed by atoms with Gasteiger partial charge in [0.25, 0.3) is 0 Å². The van der Waals surface area contributed by atoms with Crippen LogP contribution in [0.2, 0.25) is 0 Å². The van der Waals surface area contributed by atoms with Crippen LogP contribution in [-0.4, -0.2) is 16.1 Å². The fourth-order valence-electron chi connectivity index (χ4n) is 2.28. The molecule has 1 rings (SSSR count). The Morgan fingerprint density at radius 2 is 2.06 bits per heavy atom. The van der Waals surface area contributed by atoms with E-state index in [0.717, 1.165) is 18.5 Å². The van der Waals surface area contributed by atoms with Crippen molar-refractivity contribution in [3.8, 4) is 0 Å². The van der Waals surface area contributed by atoms with E-state index in [1.165, 1.54) is 12.5 Å². The van der Waals surface area contributed by atoms with Crippen LogP contribution in [0.5, 0.6) is 0 Å². The Kier molecular flexibility index (Phi) is 4.88. The minimum absolute atomic E-state index is 0.135. The van der Waals surface area contributed by atoms with E-state index in [1.54, 1.807) is 6.07 Å². The predicted octanol–water partition coefficient (Wildman–Crippen LogP) is 3.78. The van der Waals surface area contributed by atoms with Gasteiger partial charge in [-0.1, -0.05) is 33.8 Å². The highest BCUT2D eigenvalue weighted by Gasteiger charge is 2.15. The molecule has 0 fully saturated rings. The molecule has 1 aromatic heterocycles. The van der Waals surface area contributed by atoms with Crippen molar-refractivity contribution >= 4 is 5.97 Å². The van der Waals surface area contributed by atoms with Crippen LogP contribution >= 0.6 is 0 Å². The molecule has 18 heavy (non-hydrogen) atoms. The van der Waals surface area contributed by atoms with Crippen LogP contribution in [0.25, 0.3) is 0 Å². The van der Waals surface area contributed by atoms with Crippen molar-refractivity contribution in [2.45, 2.75) is 47.0 Å². The number of carboxylic acid groups (broad SMARTS) is 1. The monoisotopic (exact) mass is 249 g/mol. The Hall–Kier alpha value is -1.38. The molecule has 0 spiro atoms. The number of aryl methyl sites for hydroxylation is 1. The fraction of sp³-hybridized carbons (Fsp3) is 0.600. The van der Waals surface area contributed by atoms with Gasteiger partial charge in [-0.25, -0.2) is 9.78 Å². The molecule has 0 saturated heterocycles. The number of hydrogen-bond acceptors (Lipinski definition) is 2. The van der Waals surface area contributed by atoms with Gasteiger partial charge in [0.15, 0.2) is 0 Å². The third-order valence-corrected chi connectivity index (χ3v) is 2.88. The van der Waals surface area contributed by atoms with Crippen LogP contribution in [0.1, 0.15) is 56.7 Å². The van der Waals surface area contributed by atoms with Gasteiger partial charge in [0.05, 0.1) is 0 Å². The summed E-state index contributed by atoms with van der Waals surface area (Å²) in [5, 5.41) is 8.88. The van der Waals surface area contributed by atoms with Gasteiger partial charge in [-0.05, 0) is 42.7 Å². The quantitative estimate of drug-likeness (QED) is 0.863. The highest BCUT2D eigenvalue weighted by molar-refractivity contribution is 5.85. The van der Waals surface area contributed by atoms with Crippen LogP contribution in [-0.2, 0) is 6.42 Å². The number of nitrogens with zero attached hydrogens (tertiary/aromatic N) is 1. The third kappa shape index (κ3) is 5.30. The smallest absolute Gasteiger partial charge is 0.354 e. The summed E-state index contributed by atoms with van der Waals surface area (Å²) in [7, 11) is 0. The summed E-state index contributed by atoms with van der Waals surface area (Å²) in [6.07, 6.45) is 3.07. The van der Waals surface area contributed by atoms with Crippen molar-refractivity contribution in [3.05, 3.63) is 29.6 Å². The lowest BCUT2D eigenvalue weighted by Gasteiger charge is -2.23. The molecule has 0 amide bonds. The molecule has 0 aliphatic heterocycles. The first-order valence-corrected chi connectivity index (χ1v) is 6.47. The van der Waals surface area contributed by atoms with E-state index in [9.17, 15) is 4.79 Å². The zero-order chi connectivity index (χ0) is 13.8. The molecule has 3 nitrogen and oxygen atoms in total. The maximum atomic E-state index is 10.8. The van der Waals surface area contributed by atoms with E-state index < -0.39 is 5.97 Å². The SMILES string of the molecule is CC(CCc1cccc(C(=O)O)n1)CC(C)(C)C. The summed E-state index contributed by atoms with van der Waals surface area (Å²) in [4.78, 5) is 15.0. The molecule has 100 valence electrons. The van der Waals surface area contributed by atoms with Crippen LogP contribution < -0.4 is 0 Å². The van der Waals surface area contributed by atoms with Gasteiger partial charge in [0.2, 0.25) is 0 Å². The molecule has 1 unspecified atom stereocenters. The van der Waals surface area contributed by atoms with Crippen molar-refractivity contribution in [3.63, 3.8) is 0 Å². The van der Waals surface area contributed by atoms with Gasteiger partial charge in [0, 0.05) is 5.69 Å². The highest BCUT2D eigenvalue weighted by Crippen LogP contribution is 2.26. The summed E-state index contributed by atoms with van der Waals surface area (Å²) < 4.78 is 0. The average Bonchev–Trinajstić information content (AvgIpc) is 2.24. The second kappa shape index (κ2) is 5.98. The Balaban J connectivity index is 2.53. The number of pyridine rings is 1. The molecule has 0 aliphatic rings. The second-order valence-corrected chi connectivity index (χ2v) is 6.23. The summed E-state index contributed by atoms with van der Waals surface area (Å²) in [5.74, 6) is -0.333. The van der Waals surface area contributed by atoms with Crippen LogP contribution in [0, 0.1) is 11.3 Å². The zero-order valence-electron chi connectivity index (χ0n) is 11.7. The van der Waals surface area contributed by atoms with Gasteiger partial charge in [-0.3, -0.25) is 0 Å². The van der Waals surface area contributed by atoms with Crippen molar-refractivity contribution in [1.82, 2.24) is 4.98 Å². The number of aromatic carboxylic acids is 1. The zero-order valence-corrected chi connectivity index (χ0v) is 11.7. The van der Waals surface area contributed by atoms with E-state index in [-0.39, 0.29) is 5.69 Å². The molecule has 1 N–H and O–H groups in total. The first-order chi connectivity index (χ1) is 8.28. The molecule has 1 aromatic rings. The van der Waals surface area contributed by atoms with Crippen molar-refractivity contribution in [2.24, 2.45) is 11.3 Å². The summed E-state index contributed by atoms with van der Waals surface area (Å²) in [6.45, 7) is 8.97. The first kappa shape index (κ1) is 14.7. The Morgan fingerprint density at radius 3 is 2.61 bits per heavy atom. The van der Waals surface area contributed by atoms with Crippen LogP contribution in [0.3, 0.4) is 0 Å². The standard InChI is InChI=1S/C15H23NO2/c1-11(10-15(2,3)4)8-9-12-6-5-7-13(16-12)14(17)18/h5-7,11H,8-10H2,1-4H3,(H,17,18). The summed E-state index contributed by atoms with van der Waals surface area (Å²) in [6, 6.07) is 5.20. The van der Waals surface area contributed by atoms with Gasteiger partial charge in [-0.15, -0.1) is 0 Å². The van der Waals surface area contributed by atoms with E-state index in [4.69, 9.17) is 5.11 Å². The fourth-order valence-corrected chi connectivity index (χ4v) is 2.28. The minimum atomic E-state index is -0.959. The molecule has 0 saturated carbocycles. The largest absolute Gasteiger partial charge is 0.477 e. The Labute approximate surface area is 109 Å². The number of hydrogen-bond donors (Lipinski definition) is 1. The Morgan fingerprint density at radius 1 is 1.39 bits per heavy atom. The lowest BCUT2D eigenvalue weighted by Crippen LogP contribution is -2.12. The topological polar surface area (TPSA) is 50.2 Å². The normalized spacial score (nSPS) is 13.3. The van der Waals surface area contributed by atoms with Gasteiger partial charge in [-0.2, -0.15) is 0 Å². The average molecular weight is 249 g/mol. The van der Waals surface area contributed by atoms with Crippen molar-refractivity contribution in [1.29, 1.82) is 0 Å². The maximum Gasteiger partial charge on any atom is 0.354 e. The lowest BCUT2D eigenvalue weighted by atomic mass is 9.83.